The van der Waals surface area contributed by atoms with Gasteiger partial charge in [0, 0.05) is 0 Å². The van der Waals surface area contributed by atoms with Gasteiger partial charge in [0.2, 0.25) is 0 Å². The van der Waals surface area contributed by atoms with Crippen LogP contribution < -0.4 is 9.79 Å². The molecule has 3 nitrogen and oxygen atoms in total. The van der Waals surface area contributed by atoms with Crippen LogP contribution in [-0.2, 0) is 21.6 Å². The monoisotopic (exact) mass is 135 g/mol. The fourth-order valence-corrected chi connectivity index (χ4v) is 0. The molecule has 0 radical (unpaired) electrons. The smallest absolute Gasteiger partial charge is 0.598 e. The predicted octanol–water partition coefficient (Wildman–Crippen LogP) is -1.64. The Bertz CT molecular complexity index is 29.9. The van der Waals surface area contributed by atoms with E-state index in [1.165, 1.54) is 0 Å². The summed E-state index contributed by atoms with van der Waals surface area (Å²) in [5, 5.41) is 0. The molecule has 0 rings (SSSR count). The van der Waals surface area contributed by atoms with E-state index in [1.807, 2.05) is 0 Å². The molecule has 0 spiro atoms. The van der Waals surface area contributed by atoms with E-state index in [4.69, 9.17) is 14.4 Å². The zero-order valence-electron chi connectivity index (χ0n) is 2.03. The second-order valence-corrected chi connectivity index (χ2v) is 0.671. The van der Waals surface area contributed by atoms with E-state index in [9.17, 15) is 0 Å². The molecule has 0 fully saturated rings. The molecule has 5 heteroatoms. The molecular formula is FeO3P+. The summed E-state index contributed by atoms with van der Waals surface area (Å²) in [6.45, 7) is 0. The molecule has 0 aliphatic heterocycles. The number of hydrogen-bond acceptors (Lipinski definition) is 3. The van der Waals surface area contributed by atoms with E-state index in [1.54, 1.807) is 0 Å². The van der Waals surface area contributed by atoms with Gasteiger partial charge < -0.3 is 9.79 Å². The van der Waals surface area contributed by atoms with Gasteiger partial charge in [-0.05, 0) is 0 Å². The minimum absolute atomic E-state index is 0. The summed E-state index contributed by atoms with van der Waals surface area (Å²) in [4.78, 5) is 17.0. The van der Waals surface area contributed by atoms with Gasteiger partial charge in [-0.25, -0.2) is 0 Å². The topological polar surface area (TPSA) is 63.2 Å². The van der Waals surface area contributed by atoms with Crippen LogP contribution in [0.2, 0.25) is 0 Å². The molecular weight excluding hydrogens is 135 g/mol. The molecule has 0 saturated carbocycles. The Balaban J connectivity index is 0. The average Bonchev–Trinajstić information content (AvgIpc) is 0.811. The van der Waals surface area contributed by atoms with Gasteiger partial charge in [-0.1, -0.05) is 4.57 Å². The molecule has 0 atom stereocenters. The molecule has 0 aromatic carbocycles. The third-order valence-corrected chi connectivity index (χ3v) is 0. The summed E-state index contributed by atoms with van der Waals surface area (Å²) in [5.74, 6) is 0. The molecule has 5 heavy (non-hydrogen) atoms. The van der Waals surface area contributed by atoms with Crippen molar-refractivity contribution >= 4 is 8.25 Å². The van der Waals surface area contributed by atoms with Crippen molar-refractivity contribution in [3.63, 3.8) is 0 Å². The van der Waals surface area contributed by atoms with Gasteiger partial charge in [-0.3, -0.25) is 0 Å². The van der Waals surface area contributed by atoms with Crippen LogP contribution in [0.25, 0.3) is 0 Å². The van der Waals surface area contributed by atoms with Crippen molar-refractivity contribution in [3.05, 3.63) is 0 Å². The van der Waals surface area contributed by atoms with Gasteiger partial charge in [0.05, 0.1) is 0 Å². The second-order valence-electron chi connectivity index (χ2n) is 0.224. The quantitative estimate of drug-likeness (QED) is 0.295. The van der Waals surface area contributed by atoms with E-state index in [2.05, 4.69) is 0 Å². The second kappa shape index (κ2) is 4.54. The molecule has 0 amide bonds. The maximum atomic E-state index is 8.48. The van der Waals surface area contributed by atoms with E-state index in [0.717, 1.165) is 0 Å². The van der Waals surface area contributed by atoms with Crippen LogP contribution in [0.15, 0.2) is 0 Å². The summed E-state index contributed by atoms with van der Waals surface area (Å²) in [7, 11) is -3.37. The Morgan fingerprint density at radius 3 is 1.40 bits per heavy atom. The van der Waals surface area contributed by atoms with Crippen molar-refractivity contribution in [1.29, 1.82) is 0 Å². The van der Waals surface area contributed by atoms with Gasteiger partial charge in [0.25, 0.3) is 8.25 Å². The van der Waals surface area contributed by atoms with Crippen molar-refractivity contribution in [2.75, 3.05) is 0 Å². The first-order valence-corrected chi connectivity index (χ1v) is 1.64. The standard InChI is InChI=1S/Fe.HO3P/c;1-4(2)3/h;(H,1,2,3)/q+2;/p-1. The number of rotatable bonds is 0. The maximum absolute atomic E-state index is 8.48. The van der Waals surface area contributed by atoms with Crippen LogP contribution in [0.5, 0.6) is 0 Å². The van der Waals surface area contributed by atoms with Crippen molar-refractivity contribution in [2.45, 2.75) is 0 Å². The van der Waals surface area contributed by atoms with Crippen LogP contribution in [0, 0.1) is 0 Å². The van der Waals surface area contributed by atoms with Gasteiger partial charge in [-0.15, -0.1) is 0 Å². The minimum Gasteiger partial charge on any atom is -0.598 e. The zero-order chi connectivity index (χ0) is 3.58. The molecule has 0 bridgehead atoms. The summed E-state index contributed by atoms with van der Waals surface area (Å²) in [6, 6.07) is 0. The summed E-state index contributed by atoms with van der Waals surface area (Å²) in [6.07, 6.45) is 0. The molecule has 0 unspecified atom stereocenters. The van der Waals surface area contributed by atoms with Gasteiger partial charge in [-0.2, -0.15) is 0 Å². The third kappa shape index (κ3) is 101. The largest absolute Gasteiger partial charge is 2.00 e. The molecule has 0 N–H and O–H groups in total. The Labute approximate surface area is 40.4 Å². The van der Waals surface area contributed by atoms with E-state index in [0.29, 0.717) is 0 Å². The Morgan fingerprint density at radius 1 is 1.40 bits per heavy atom. The molecule has 30 valence electrons. The van der Waals surface area contributed by atoms with E-state index >= 15 is 0 Å². The Hall–Kier alpha value is 0.539. The van der Waals surface area contributed by atoms with E-state index in [-0.39, 0.29) is 17.1 Å². The van der Waals surface area contributed by atoms with Crippen molar-refractivity contribution < 1.29 is 31.4 Å². The number of hydrogen-bond donors (Lipinski definition) is 0. The molecule has 0 aromatic heterocycles. The van der Waals surface area contributed by atoms with Crippen LogP contribution in [0.1, 0.15) is 0 Å². The van der Waals surface area contributed by atoms with Gasteiger partial charge in [0.1, 0.15) is 0 Å². The fourth-order valence-electron chi connectivity index (χ4n) is 0. The molecule has 0 aliphatic carbocycles. The van der Waals surface area contributed by atoms with Crippen molar-refractivity contribution in [1.82, 2.24) is 0 Å². The summed E-state index contributed by atoms with van der Waals surface area (Å²) in [5.41, 5.74) is 0. The first-order chi connectivity index (χ1) is 1.73. The Morgan fingerprint density at radius 2 is 1.40 bits per heavy atom. The fraction of sp³-hybridized carbons (Fsp3) is 0. The van der Waals surface area contributed by atoms with Gasteiger partial charge >= 0.3 is 17.1 Å². The maximum Gasteiger partial charge on any atom is 2.00 e. The Kier molecular flexibility index (Phi) is 8.27. The third-order valence-electron chi connectivity index (χ3n) is 0. The van der Waals surface area contributed by atoms with Crippen LogP contribution in [0.3, 0.4) is 0 Å². The van der Waals surface area contributed by atoms with E-state index < -0.39 is 8.25 Å². The summed E-state index contributed by atoms with van der Waals surface area (Å²) < 4.78 is 8.48. The van der Waals surface area contributed by atoms with Crippen molar-refractivity contribution in [3.8, 4) is 0 Å². The molecule has 0 aliphatic rings. The average molecular weight is 135 g/mol. The van der Waals surface area contributed by atoms with Crippen molar-refractivity contribution in [2.24, 2.45) is 0 Å². The SMILES string of the molecule is O=[P+]([O-])[O-].[Fe+2]. The first-order valence-electron chi connectivity index (χ1n) is 0.548. The first kappa shape index (κ1) is 9.11. The van der Waals surface area contributed by atoms with Crippen LogP contribution in [-0.4, -0.2) is 0 Å². The molecule has 0 saturated heterocycles. The molecule has 0 heterocycles. The zero-order valence-corrected chi connectivity index (χ0v) is 4.02. The van der Waals surface area contributed by atoms with Crippen LogP contribution >= 0.6 is 8.25 Å². The normalized spacial score (nSPS) is 5.20. The minimum atomic E-state index is -3.37. The van der Waals surface area contributed by atoms with Gasteiger partial charge in [0.15, 0.2) is 0 Å². The van der Waals surface area contributed by atoms with Crippen LogP contribution in [0.4, 0.5) is 0 Å². The summed E-state index contributed by atoms with van der Waals surface area (Å²) >= 11 is 0. The predicted molar refractivity (Wildman–Crippen MR) is 7.61 cm³/mol. The molecule has 0 aromatic rings.